The number of carbonyl (C=O) groups excluding carboxylic acids is 1. The van der Waals surface area contributed by atoms with Crippen molar-refractivity contribution in [2.24, 2.45) is 0 Å². The number of urea groups is 1. The Hall–Kier alpha value is -3.50. The Bertz CT molecular complexity index is 1260. The summed E-state index contributed by atoms with van der Waals surface area (Å²) in [5.41, 5.74) is 4.66. The first-order valence-corrected chi connectivity index (χ1v) is 12.8. The first-order chi connectivity index (χ1) is 17.6. The summed E-state index contributed by atoms with van der Waals surface area (Å²) < 4.78 is 7.90. The number of nitrogens with zero attached hydrogens (tertiary/aromatic N) is 6. The van der Waals surface area contributed by atoms with E-state index in [0.29, 0.717) is 31.6 Å². The van der Waals surface area contributed by atoms with E-state index in [2.05, 4.69) is 45.7 Å². The molecular formula is C27H36N8O2. The number of ether oxygens (including phenoxy) is 1. The third-order valence-corrected chi connectivity index (χ3v) is 6.66. The monoisotopic (exact) mass is 504 g/mol. The number of anilines is 2. The van der Waals surface area contributed by atoms with E-state index in [1.54, 1.807) is 17.3 Å². The van der Waals surface area contributed by atoms with Gasteiger partial charge >= 0.3 is 6.03 Å². The zero-order valence-electron chi connectivity index (χ0n) is 22.2. The summed E-state index contributed by atoms with van der Waals surface area (Å²) >= 11 is 0. The summed E-state index contributed by atoms with van der Waals surface area (Å²) in [6.07, 6.45) is 5.67. The third kappa shape index (κ3) is 6.08. The van der Waals surface area contributed by atoms with Crippen LogP contribution in [0.4, 0.5) is 16.4 Å². The number of aromatic nitrogens is 4. The Labute approximate surface area is 218 Å². The van der Waals surface area contributed by atoms with E-state index in [9.17, 15) is 4.79 Å². The van der Waals surface area contributed by atoms with Crippen molar-refractivity contribution in [1.82, 2.24) is 34.9 Å². The summed E-state index contributed by atoms with van der Waals surface area (Å²) in [6, 6.07) is 8.43. The van der Waals surface area contributed by atoms with Gasteiger partial charge in [-0.05, 0) is 58.0 Å². The maximum atomic E-state index is 12.5. The second-order valence-electron chi connectivity index (χ2n) is 11.0. The predicted octanol–water partition coefficient (Wildman–Crippen LogP) is 3.59. The molecule has 37 heavy (non-hydrogen) atoms. The van der Waals surface area contributed by atoms with Crippen molar-refractivity contribution >= 4 is 17.7 Å². The quantitative estimate of drug-likeness (QED) is 0.507. The predicted molar refractivity (Wildman–Crippen MR) is 143 cm³/mol. The van der Waals surface area contributed by atoms with Gasteiger partial charge < -0.3 is 25.2 Å². The number of aryl methyl sites for hydroxylation is 1. The minimum absolute atomic E-state index is 0.0589. The van der Waals surface area contributed by atoms with Crippen LogP contribution in [-0.4, -0.2) is 80.5 Å². The van der Waals surface area contributed by atoms with E-state index < -0.39 is 0 Å². The number of carbonyl (C=O) groups is 1. The molecule has 4 heterocycles. The van der Waals surface area contributed by atoms with Gasteiger partial charge in [0.2, 0.25) is 5.95 Å². The average Bonchev–Trinajstić information content (AvgIpc) is 3.25. The molecule has 3 aromatic rings. The summed E-state index contributed by atoms with van der Waals surface area (Å²) in [4.78, 5) is 25.6. The van der Waals surface area contributed by atoms with Crippen molar-refractivity contribution in [1.29, 1.82) is 0 Å². The average molecular weight is 505 g/mol. The second-order valence-corrected chi connectivity index (χ2v) is 11.0. The molecule has 2 saturated heterocycles. The van der Waals surface area contributed by atoms with Crippen LogP contribution in [0.3, 0.4) is 0 Å². The van der Waals surface area contributed by atoms with Crippen molar-refractivity contribution < 1.29 is 9.53 Å². The van der Waals surface area contributed by atoms with Crippen molar-refractivity contribution in [2.45, 2.75) is 52.0 Å². The molecule has 2 aliphatic rings. The van der Waals surface area contributed by atoms with Gasteiger partial charge in [0, 0.05) is 37.6 Å². The highest BCUT2D eigenvalue weighted by atomic mass is 16.5. The second kappa shape index (κ2) is 10.1. The first kappa shape index (κ1) is 25.2. The number of likely N-dealkylation sites (tertiary alicyclic amines) is 2. The van der Waals surface area contributed by atoms with Gasteiger partial charge in [-0.3, -0.25) is 4.68 Å². The Balaban J connectivity index is 1.16. The Morgan fingerprint density at radius 3 is 2.65 bits per heavy atom. The highest BCUT2D eigenvalue weighted by Gasteiger charge is 2.34. The maximum Gasteiger partial charge on any atom is 0.317 e. The lowest BCUT2D eigenvalue weighted by molar-refractivity contribution is -0.111. The van der Waals surface area contributed by atoms with E-state index in [1.165, 1.54) is 0 Å². The molecule has 0 aliphatic carbocycles. The number of nitrogens with one attached hydrogen (secondary N) is 2. The SMILES string of the molecule is Cc1cc(-c2ccnc(Nc3cnn(C4CN(C)C4)c3)n2)ccc1CNC(=O)N1CC(OC(C)(C)C)C1. The zero-order chi connectivity index (χ0) is 26.2. The van der Waals surface area contributed by atoms with Crippen LogP contribution < -0.4 is 10.6 Å². The van der Waals surface area contributed by atoms with Gasteiger partial charge in [-0.1, -0.05) is 12.1 Å². The van der Waals surface area contributed by atoms with Gasteiger partial charge in [0.05, 0.1) is 48.4 Å². The summed E-state index contributed by atoms with van der Waals surface area (Å²) in [6.45, 7) is 11.9. The fourth-order valence-corrected chi connectivity index (χ4v) is 4.66. The number of rotatable bonds is 7. The van der Waals surface area contributed by atoms with Crippen LogP contribution in [0.5, 0.6) is 0 Å². The third-order valence-electron chi connectivity index (χ3n) is 6.66. The van der Waals surface area contributed by atoms with E-state index >= 15 is 0 Å². The van der Waals surface area contributed by atoms with Crippen LogP contribution in [0.1, 0.15) is 37.9 Å². The highest BCUT2D eigenvalue weighted by molar-refractivity contribution is 5.75. The molecule has 0 unspecified atom stereocenters. The van der Waals surface area contributed by atoms with Crippen LogP contribution in [0.2, 0.25) is 0 Å². The van der Waals surface area contributed by atoms with E-state index in [-0.39, 0.29) is 17.7 Å². The van der Waals surface area contributed by atoms with Crippen LogP contribution in [0.15, 0.2) is 42.9 Å². The van der Waals surface area contributed by atoms with Crippen molar-refractivity contribution in [2.75, 3.05) is 38.5 Å². The molecular weight excluding hydrogens is 468 g/mol. The molecule has 2 aromatic heterocycles. The van der Waals surface area contributed by atoms with Gasteiger partial charge in [-0.2, -0.15) is 5.10 Å². The number of benzene rings is 1. The number of likely N-dealkylation sites (N-methyl/N-ethyl adjacent to an activating group) is 1. The van der Waals surface area contributed by atoms with Crippen molar-refractivity contribution in [3.63, 3.8) is 0 Å². The summed E-state index contributed by atoms with van der Waals surface area (Å²) in [5, 5.41) is 10.8. The normalized spacial score (nSPS) is 16.8. The largest absolute Gasteiger partial charge is 0.369 e. The minimum Gasteiger partial charge on any atom is -0.369 e. The van der Waals surface area contributed by atoms with Gasteiger partial charge in [-0.25, -0.2) is 14.8 Å². The number of hydrogen-bond donors (Lipinski definition) is 2. The molecule has 10 nitrogen and oxygen atoms in total. The fourth-order valence-electron chi connectivity index (χ4n) is 4.66. The highest BCUT2D eigenvalue weighted by Crippen LogP contribution is 2.24. The summed E-state index contributed by atoms with van der Waals surface area (Å²) in [7, 11) is 2.11. The standard InChI is InChI=1S/C27H36N8O2/c1-18-10-19(6-7-20(18)11-29-26(36)34-16-23(17-34)37-27(2,3)4)24-8-9-28-25(32-24)31-21-12-30-35(13-21)22-14-33(5)15-22/h6-10,12-13,22-23H,11,14-17H2,1-5H3,(H,29,36)(H,28,31,32). The molecule has 0 spiro atoms. The smallest absolute Gasteiger partial charge is 0.317 e. The van der Waals surface area contributed by atoms with E-state index in [1.807, 2.05) is 49.8 Å². The topological polar surface area (TPSA) is 100 Å². The molecule has 196 valence electrons. The van der Waals surface area contributed by atoms with Crippen molar-refractivity contribution in [3.05, 3.63) is 54.0 Å². The Morgan fingerprint density at radius 1 is 1.16 bits per heavy atom. The zero-order valence-corrected chi connectivity index (χ0v) is 22.2. The van der Waals surface area contributed by atoms with E-state index in [4.69, 9.17) is 9.72 Å². The molecule has 0 radical (unpaired) electrons. The van der Waals surface area contributed by atoms with Gasteiger partial charge in [0.25, 0.3) is 0 Å². The van der Waals surface area contributed by atoms with Crippen LogP contribution in [-0.2, 0) is 11.3 Å². The minimum atomic E-state index is -0.192. The number of amides is 2. The molecule has 5 rings (SSSR count). The maximum absolute atomic E-state index is 12.5. The molecule has 1 aromatic carbocycles. The molecule has 0 atom stereocenters. The lowest BCUT2D eigenvalue weighted by Crippen LogP contribution is -2.59. The molecule has 0 saturated carbocycles. The molecule has 10 heteroatoms. The molecule has 2 N–H and O–H groups in total. The van der Waals surface area contributed by atoms with Gasteiger partial charge in [0.15, 0.2) is 0 Å². The molecule has 2 amide bonds. The lowest BCUT2D eigenvalue weighted by atomic mass is 10.0. The Kier molecular flexibility index (Phi) is 6.87. The lowest BCUT2D eigenvalue weighted by Gasteiger charge is -2.41. The van der Waals surface area contributed by atoms with Crippen LogP contribution in [0.25, 0.3) is 11.3 Å². The molecule has 2 aliphatic heterocycles. The Morgan fingerprint density at radius 2 is 1.95 bits per heavy atom. The molecule has 0 bridgehead atoms. The summed E-state index contributed by atoms with van der Waals surface area (Å²) in [5.74, 6) is 0.528. The fraction of sp³-hybridized carbons (Fsp3) is 0.481. The van der Waals surface area contributed by atoms with Gasteiger partial charge in [0.1, 0.15) is 0 Å². The number of hydrogen-bond acceptors (Lipinski definition) is 7. The van der Waals surface area contributed by atoms with Crippen LogP contribution >= 0.6 is 0 Å². The van der Waals surface area contributed by atoms with Crippen molar-refractivity contribution in [3.8, 4) is 11.3 Å². The molecule has 2 fully saturated rings. The first-order valence-electron chi connectivity index (χ1n) is 12.8. The van der Waals surface area contributed by atoms with Crippen LogP contribution in [0, 0.1) is 6.92 Å². The van der Waals surface area contributed by atoms with Gasteiger partial charge in [-0.15, -0.1) is 0 Å². The van der Waals surface area contributed by atoms with E-state index in [0.717, 1.165) is 41.2 Å².